The Labute approximate surface area is 126 Å². The molecule has 2 aromatic heterocycles. The zero-order chi connectivity index (χ0) is 14.5. The Bertz CT molecular complexity index is 719. The SMILES string of the molecule is Clc1ccc(/C=N\Nc2ccc(-n3ccnc3)nn2)cc1. The molecule has 0 aliphatic heterocycles. The third-order valence-corrected chi connectivity index (χ3v) is 2.93. The number of hydrazone groups is 1. The molecule has 2 heterocycles. The van der Waals surface area contributed by atoms with Crippen molar-refractivity contribution in [2.45, 2.75) is 0 Å². The van der Waals surface area contributed by atoms with Crippen LogP contribution in [0.2, 0.25) is 5.02 Å². The van der Waals surface area contributed by atoms with Gasteiger partial charge in [-0.15, -0.1) is 10.2 Å². The molecule has 0 spiro atoms. The first kappa shape index (κ1) is 13.3. The van der Waals surface area contributed by atoms with Crippen LogP contribution in [0, 0.1) is 0 Å². The standard InChI is InChI=1S/C14H11ClN6/c15-12-3-1-11(2-4-12)9-17-18-13-5-6-14(20-19-13)21-8-7-16-10-21/h1-10H,(H,18,19)/b17-9-. The first-order valence-electron chi connectivity index (χ1n) is 6.18. The third-order valence-electron chi connectivity index (χ3n) is 2.68. The molecule has 0 atom stereocenters. The van der Waals surface area contributed by atoms with Gasteiger partial charge in [-0.05, 0) is 29.8 Å². The molecule has 6 nitrogen and oxygen atoms in total. The Morgan fingerprint density at radius 2 is 1.95 bits per heavy atom. The van der Waals surface area contributed by atoms with Crippen LogP contribution in [-0.2, 0) is 0 Å². The Balaban J connectivity index is 1.64. The van der Waals surface area contributed by atoms with Crippen LogP contribution in [0.3, 0.4) is 0 Å². The van der Waals surface area contributed by atoms with E-state index in [9.17, 15) is 0 Å². The maximum atomic E-state index is 5.81. The lowest BCUT2D eigenvalue weighted by Gasteiger charge is -2.01. The zero-order valence-electron chi connectivity index (χ0n) is 10.9. The molecule has 0 radical (unpaired) electrons. The topological polar surface area (TPSA) is 68.0 Å². The predicted octanol–water partition coefficient (Wildman–Crippen LogP) is 2.76. The lowest BCUT2D eigenvalue weighted by atomic mass is 10.2. The van der Waals surface area contributed by atoms with Crippen LogP contribution in [0.5, 0.6) is 0 Å². The number of benzene rings is 1. The molecule has 3 aromatic rings. The van der Waals surface area contributed by atoms with Gasteiger partial charge in [-0.3, -0.25) is 9.99 Å². The van der Waals surface area contributed by atoms with Gasteiger partial charge in [0.15, 0.2) is 11.6 Å². The molecule has 0 aliphatic rings. The predicted molar refractivity (Wildman–Crippen MR) is 81.8 cm³/mol. The monoisotopic (exact) mass is 298 g/mol. The molecule has 0 fully saturated rings. The number of anilines is 1. The van der Waals surface area contributed by atoms with E-state index in [0.717, 1.165) is 5.56 Å². The summed E-state index contributed by atoms with van der Waals surface area (Å²) in [5.41, 5.74) is 3.76. The zero-order valence-corrected chi connectivity index (χ0v) is 11.6. The summed E-state index contributed by atoms with van der Waals surface area (Å²) in [5.74, 6) is 1.25. The molecule has 0 unspecified atom stereocenters. The number of aromatic nitrogens is 4. The van der Waals surface area contributed by atoms with Crippen molar-refractivity contribution >= 4 is 23.6 Å². The van der Waals surface area contributed by atoms with E-state index in [-0.39, 0.29) is 0 Å². The van der Waals surface area contributed by atoms with Crippen molar-refractivity contribution in [1.82, 2.24) is 19.7 Å². The number of nitrogens with one attached hydrogen (secondary N) is 1. The van der Waals surface area contributed by atoms with Gasteiger partial charge in [-0.1, -0.05) is 23.7 Å². The van der Waals surface area contributed by atoms with Gasteiger partial charge < -0.3 is 0 Å². The Kier molecular flexibility index (Phi) is 3.88. The van der Waals surface area contributed by atoms with Gasteiger partial charge in [-0.2, -0.15) is 5.10 Å². The Morgan fingerprint density at radius 1 is 1.10 bits per heavy atom. The minimum atomic E-state index is 0.559. The average molecular weight is 299 g/mol. The quantitative estimate of drug-likeness (QED) is 0.594. The lowest BCUT2D eigenvalue weighted by Crippen LogP contribution is -2.00. The fourth-order valence-corrected chi connectivity index (χ4v) is 1.76. The van der Waals surface area contributed by atoms with Gasteiger partial charge in [0.2, 0.25) is 0 Å². The largest absolute Gasteiger partial charge is 0.289 e. The summed E-state index contributed by atoms with van der Waals surface area (Å²) in [6.45, 7) is 0. The molecule has 1 aromatic carbocycles. The second-order valence-electron chi connectivity index (χ2n) is 4.17. The second kappa shape index (κ2) is 6.15. The molecule has 1 N–H and O–H groups in total. The average Bonchev–Trinajstić information content (AvgIpc) is 3.04. The van der Waals surface area contributed by atoms with E-state index in [1.165, 1.54) is 0 Å². The molecular weight excluding hydrogens is 288 g/mol. The van der Waals surface area contributed by atoms with Gasteiger partial charge in [0.25, 0.3) is 0 Å². The normalized spacial score (nSPS) is 10.9. The van der Waals surface area contributed by atoms with Crippen LogP contribution >= 0.6 is 11.6 Å². The summed E-state index contributed by atoms with van der Waals surface area (Å²) in [6, 6.07) is 11.0. The summed E-state index contributed by atoms with van der Waals surface area (Å²) in [7, 11) is 0. The van der Waals surface area contributed by atoms with E-state index in [1.807, 2.05) is 30.3 Å². The summed E-state index contributed by atoms with van der Waals surface area (Å²) in [5, 5.41) is 12.9. The summed E-state index contributed by atoms with van der Waals surface area (Å²) >= 11 is 5.81. The lowest BCUT2D eigenvalue weighted by molar-refractivity contribution is 0.911. The number of hydrogen-bond donors (Lipinski definition) is 1. The first-order valence-corrected chi connectivity index (χ1v) is 6.56. The maximum absolute atomic E-state index is 5.81. The molecule has 0 bridgehead atoms. The van der Waals surface area contributed by atoms with Crippen LogP contribution < -0.4 is 5.43 Å². The van der Waals surface area contributed by atoms with Gasteiger partial charge in [0.05, 0.1) is 6.21 Å². The fraction of sp³-hybridized carbons (Fsp3) is 0. The van der Waals surface area contributed by atoms with Crippen LogP contribution in [-0.4, -0.2) is 26.0 Å². The van der Waals surface area contributed by atoms with Crippen LogP contribution in [0.15, 0.2) is 60.2 Å². The highest BCUT2D eigenvalue weighted by Crippen LogP contribution is 2.08. The first-order chi connectivity index (χ1) is 10.3. The molecule has 21 heavy (non-hydrogen) atoms. The van der Waals surface area contributed by atoms with Gasteiger partial charge in [0, 0.05) is 17.4 Å². The molecule has 0 aliphatic carbocycles. The molecule has 0 saturated carbocycles. The fourth-order valence-electron chi connectivity index (χ4n) is 1.64. The molecular formula is C14H11ClN6. The highest BCUT2D eigenvalue weighted by atomic mass is 35.5. The van der Waals surface area contributed by atoms with E-state index in [0.29, 0.717) is 16.7 Å². The van der Waals surface area contributed by atoms with Crippen LogP contribution in [0.4, 0.5) is 5.82 Å². The van der Waals surface area contributed by atoms with Crippen molar-refractivity contribution in [3.8, 4) is 5.82 Å². The number of hydrogen-bond acceptors (Lipinski definition) is 5. The second-order valence-corrected chi connectivity index (χ2v) is 4.60. The van der Waals surface area contributed by atoms with E-state index in [2.05, 4.69) is 25.7 Å². The minimum Gasteiger partial charge on any atom is -0.289 e. The van der Waals surface area contributed by atoms with E-state index >= 15 is 0 Å². The van der Waals surface area contributed by atoms with Gasteiger partial charge in [0.1, 0.15) is 6.33 Å². The van der Waals surface area contributed by atoms with Crippen LogP contribution in [0.25, 0.3) is 5.82 Å². The van der Waals surface area contributed by atoms with Crippen molar-refractivity contribution in [2.24, 2.45) is 5.10 Å². The Hall–Kier alpha value is -2.73. The van der Waals surface area contributed by atoms with Crippen LogP contribution in [0.1, 0.15) is 5.56 Å². The highest BCUT2D eigenvalue weighted by Gasteiger charge is 1.98. The van der Waals surface area contributed by atoms with Crippen molar-refractivity contribution in [1.29, 1.82) is 0 Å². The van der Waals surface area contributed by atoms with E-state index in [1.54, 1.807) is 35.6 Å². The summed E-state index contributed by atoms with van der Waals surface area (Å²) in [4.78, 5) is 3.96. The van der Waals surface area contributed by atoms with Gasteiger partial charge in [-0.25, -0.2) is 4.98 Å². The molecule has 3 rings (SSSR count). The maximum Gasteiger partial charge on any atom is 0.168 e. The number of rotatable bonds is 4. The number of nitrogens with zero attached hydrogens (tertiary/aromatic N) is 5. The highest BCUT2D eigenvalue weighted by molar-refractivity contribution is 6.30. The minimum absolute atomic E-state index is 0.559. The third kappa shape index (κ3) is 3.43. The molecule has 104 valence electrons. The molecule has 0 saturated heterocycles. The van der Waals surface area contributed by atoms with E-state index in [4.69, 9.17) is 11.6 Å². The smallest absolute Gasteiger partial charge is 0.168 e. The van der Waals surface area contributed by atoms with Crippen molar-refractivity contribution in [2.75, 3.05) is 5.43 Å². The number of halogens is 1. The van der Waals surface area contributed by atoms with Crippen molar-refractivity contribution in [3.63, 3.8) is 0 Å². The summed E-state index contributed by atoms with van der Waals surface area (Å²) in [6.07, 6.45) is 6.83. The van der Waals surface area contributed by atoms with Crippen molar-refractivity contribution in [3.05, 3.63) is 65.7 Å². The number of imidazole rings is 1. The van der Waals surface area contributed by atoms with Crippen molar-refractivity contribution < 1.29 is 0 Å². The molecule has 7 heteroatoms. The summed E-state index contributed by atoms with van der Waals surface area (Å²) < 4.78 is 1.77. The van der Waals surface area contributed by atoms with E-state index < -0.39 is 0 Å². The molecule has 0 amide bonds. The van der Waals surface area contributed by atoms with Gasteiger partial charge >= 0.3 is 0 Å². The Morgan fingerprint density at radius 3 is 2.62 bits per heavy atom.